The number of aromatic nitrogens is 1. The normalized spacial score (nSPS) is 16.8. The Hall–Kier alpha value is -0.980. The molecule has 2 aromatic rings. The highest BCUT2D eigenvalue weighted by atomic mass is 79.9. The van der Waals surface area contributed by atoms with E-state index in [-0.39, 0.29) is 6.61 Å². The first kappa shape index (κ1) is 17.4. The molecule has 6 heteroatoms. The zero-order valence-electron chi connectivity index (χ0n) is 12.6. The van der Waals surface area contributed by atoms with Gasteiger partial charge in [0, 0.05) is 16.1 Å². The van der Waals surface area contributed by atoms with Crippen molar-refractivity contribution in [1.82, 2.24) is 4.98 Å². The maximum Gasteiger partial charge on any atom is 0.142 e. The van der Waals surface area contributed by atoms with Crippen molar-refractivity contribution in [2.75, 3.05) is 13.3 Å². The molecule has 0 radical (unpaired) electrons. The Morgan fingerprint density at radius 2 is 2.05 bits per heavy atom. The molecule has 22 heavy (non-hydrogen) atoms. The number of thiazole rings is 1. The van der Waals surface area contributed by atoms with E-state index in [4.69, 9.17) is 4.74 Å². The molecule has 0 bridgehead atoms. The first-order valence-corrected chi connectivity index (χ1v) is 8.68. The van der Waals surface area contributed by atoms with Crippen molar-refractivity contribution in [1.29, 1.82) is 0 Å². The summed E-state index contributed by atoms with van der Waals surface area (Å²) in [7, 11) is 0. The topological polar surface area (TPSA) is 42.4 Å². The Morgan fingerprint density at radius 1 is 1.36 bits per heavy atom. The summed E-state index contributed by atoms with van der Waals surface area (Å²) in [5.41, 5.74) is -0.728. The van der Waals surface area contributed by atoms with Gasteiger partial charge in [-0.05, 0) is 30.7 Å². The molecular formula is C16H19BrFNO2S. The zero-order valence-corrected chi connectivity index (χ0v) is 15.0. The maximum absolute atomic E-state index is 13.7. The molecule has 2 atom stereocenters. The Labute approximate surface area is 142 Å². The summed E-state index contributed by atoms with van der Waals surface area (Å²) < 4.78 is 20.4. The van der Waals surface area contributed by atoms with Crippen LogP contribution in [0.1, 0.15) is 25.1 Å². The van der Waals surface area contributed by atoms with Crippen LogP contribution in [0.15, 0.2) is 40.4 Å². The standard InChI is InChI=1S/C16H19BrFNO2S/c1-3-15(2,9-18)16(20,14-8-19-11-22-14)10-21-13-6-4-12(17)5-7-13/h4-8,11,20H,3,9-10H2,1-2H3. The van der Waals surface area contributed by atoms with E-state index in [9.17, 15) is 9.50 Å². The average molecular weight is 388 g/mol. The fourth-order valence-electron chi connectivity index (χ4n) is 2.18. The molecule has 1 heterocycles. The van der Waals surface area contributed by atoms with E-state index in [1.54, 1.807) is 30.8 Å². The largest absolute Gasteiger partial charge is 0.490 e. The summed E-state index contributed by atoms with van der Waals surface area (Å²) in [6.07, 6.45) is 2.07. The molecular weight excluding hydrogens is 369 g/mol. The van der Waals surface area contributed by atoms with Crippen LogP contribution in [-0.4, -0.2) is 23.4 Å². The minimum Gasteiger partial charge on any atom is -0.490 e. The Balaban J connectivity index is 2.27. The predicted molar refractivity (Wildman–Crippen MR) is 90.0 cm³/mol. The lowest BCUT2D eigenvalue weighted by atomic mass is 9.72. The smallest absolute Gasteiger partial charge is 0.142 e. The van der Waals surface area contributed by atoms with Crippen LogP contribution >= 0.6 is 27.3 Å². The second-order valence-electron chi connectivity index (χ2n) is 5.52. The van der Waals surface area contributed by atoms with Gasteiger partial charge in [0.2, 0.25) is 0 Å². The number of alkyl halides is 1. The molecule has 2 unspecified atom stereocenters. The first-order chi connectivity index (χ1) is 10.4. The van der Waals surface area contributed by atoms with Gasteiger partial charge >= 0.3 is 0 Å². The van der Waals surface area contributed by atoms with E-state index >= 15 is 0 Å². The first-order valence-electron chi connectivity index (χ1n) is 7.01. The van der Waals surface area contributed by atoms with Gasteiger partial charge in [-0.25, -0.2) is 0 Å². The summed E-state index contributed by atoms with van der Waals surface area (Å²) in [4.78, 5) is 4.63. The van der Waals surface area contributed by atoms with Crippen molar-refractivity contribution < 1.29 is 14.2 Å². The third-order valence-corrected chi connectivity index (χ3v) is 5.63. The van der Waals surface area contributed by atoms with Crippen molar-refractivity contribution in [2.45, 2.75) is 25.9 Å². The van der Waals surface area contributed by atoms with Crippen LogP contribution in [0, 0.1) is 5.41 Å². The highest BCUT2D eigenvalue weighted by Gasteiger charge is 2.49. The second-order valence-corrected chi connectivity index (χ2v) is 7.32. The number of benzene rings is 1. The Bertz CT molecular complexity index is 587. The average Bonchev–Trinajstić information content (AvgIpc) is 3.08. The van der Waals surface area contributed by atoms with E-state index in [1.807, 2.05) is 19.1 Å². The molecule has 0 aliphatic heterocycles. The molecule has 0 spiro atoms. The minimum atomic E-state index is -1.43. The molecule has 0 saturated heterocycles. The lowest BCUT2D eigenvalue weighted by Gasteiger charge is -2.41. The SMILES string of the molecule is CCC(C)(CF)C(O)(COc1ccc(Br)cc1)c1cncs1. The van der Waals surface area contributed by atoms with Crippen LogP contribution in [0.3, 0.4) is 0 Å². The molecule has 1 aromatic carbocycles. The van der Waals surface area contributed by atoms with Crippen molar-refractivity contribution in [3.8, 4) is 5.75 Å². The lowest BCUT2D eigenvalue weighted by molar-refractivity contribution is -0.119. The number of hydrogen-bond acceptors (Lipinski definition) is 4. The van der Waals surface area contributed by atoms with Crippen LogP contribution < -0.4 is 4.74 Å². The van der Waals surface area contributed by atoms with Gasteiger partial charge in [0.1, 0.15) is 18.0 Å². The van der Waals surface area contributed by atoms with Gasteiger partial charge in [-0.2, -0.15) is 0 Å². The number of nitrogens with zero attached hydrogens (tertiary/aromatic N) is 1. The van der Waals surface area contributed by atoms with Crippen LogP contribution in [0.25, 0.3) is 0 Å². The van der Waals surface area contributed by atoms with Crippen molar-refractivity contribution in [2.24, 2.45) is 5.41 Å². The second kappa shape index (κ2) is 7.06. The number of halogens is 2. The molecule has 0 amide bonds. The number of hydrogen-bond donors (Lipinski definition) is 1. The predicted octanol–water partition coefficient (Wildman–Crippen LogP) is 4.56. The van der Waals surface area contributed by atoms with E-state index in [1.165, 1.54) is 11.3 Å². The highest BCUT2D eigenvalue weighted by Crippen LogP contribution is 2.44. The summed E-state index contributed by atoms with van der Waals surface area (Å²) >= 11 is 4.67. The lowest BCUT2D eigenvalue weighted by Crippen LogP contribution is -2.49. The highest BCUT2D eigenvalue weighted by molar-refractivity contribution is 9.10. The third-order valence-electron chi connectivity index (χ3n) is 4.18. The molecule has 0 aliphatic rings. The van der Waals surface area contributed by atoms with Gasteiger partial charge in [-0.15, -0.1) is 11.3 Å². The van der Waals surface area contributed by atoms with Crippen LogP contribution in [-0.2, 0) is 5.60 Å². The Kier molecular flexibility index (Phi) is 5.58. The van der Waals surface area contributed by atoms with Crippen LogP contribution in [0.4, 0.5) is 4.39 Å². The van der Waals surface area contributed by atoms with Gasteiger partial charge in [0.25, 0.3) is 0 Å². The van der Waals surface area contributed by atoms with Gasteiger partial charge in [0.15, 0.2) is 0 Å². The molecule has 1 N–H and O–H groups in total. The van der Waals surface area contributed by atoms with Gasteiger partial charge in [0.05, 0.1) is 17.1 Å². The van der Waals surface area contributed by atoms with Crippen molar-refractivity contribution >= 4 is 27.3 Å². The molecule has 0 aliphatic carbocycles. The summed E-state index contributed by atoms with van der Waals surface area (Å²) in [5.74, 6) is 0.628. The summed E-state index contributed by atoms with van der Waals surface area (Å²) in [6, 6.07) is 7.32. The van der Waals surface area contributed by atoms with E-state index in [0.717, 1.165) is 4.47 Å². The quantitative estimate of drug-likeness (QED) is 0.756. The molecule has 0 fully saturated rings. The molecule has 2 rings (SSSR count). The van der Waals surface area contributed by atoms with E-state index in [2.05, 4.69) is 20.9 Å². The van der Waals surface area contributed by atoms with Crippen LogP contribution in [0.5, 0.6) is 5.75 Å². The van der Waals surface area contributed by atoms with Crippen molar-refractivity contribution in [3.63, 3.8) is 0 Å². The molecule has 3 nitrogen and oxygen atoms in total. The fraction of sp³-hybridized carbons (Fsp3) is 0.438. The van der Waals surface area contributed by atoms with E-state index < -0.39 is 17.7 Å². The van der Waals surface area contributed by atoms with Gasteiger partial charge < -0.3 is 9.84 Å². The fourth-order valence-corrected chi connectivity index (χ4v) is 3.30. The number of ether oxygens (including phenoxy) is 1. The number of aliphatic hydroxyl groups is 1. The zero-order chi connectivity index (χ0) is 16.2. The summed E-state index contributed by atoms with van der Waals surface area (Å²) in [5, 5.41) is 11.2. The molecule has 1 aromatic heterocycles. The third kappa shape index (κ3) is 3.34. The molecule has 120 valence electrons. The van der Waals surface area contributed by atoms with Gasteiger partial charge in [-0.3, -0.25) is 9.37 Å². The van der Waals surface area contributed by atoms with Gasteiger partial charge in [-0.1, -0.05) is 29.8 Å². The summed E-state index contributed by atoms with van der Waals surface area (Å²) in [6.45, 7) is 2.94. The van der Waals surface area contributed by atoms with E-state index in [0.29, 0.717) is 17.0 Å². The maximum atomic E-state index is 13.7. The van der Waals surface area contributed by atoms with Crippen LogP contribution in [0.2, 0.25) is 0 Å². The molecule has 0 saturated carbocycles. The minimum absolute atomic E-state index is 0.0227. The monoisotopic (exact) mass is 387 g/mol. The number of rotatable bonds is 7. The Morgan fingerprint density at radius 3 is 2.55 bits per heavy atom. The van der Waals surface area contributed by atoms with Crippen molar-refractivity contribution in [3.05, 3.63) is 45.3 Å².